The van der Waals surface area contributed by atoms with Crippen LogP contribution in [0.2, 0.25) is 0 Å². The molecule has 0 aliphatic heterocycles. The molecule has 10 rings (SSSR count). The van der Waals surface area contributed by atoms with E-state index in [4.69, 9.17) is 4.42 Å². The van der Waals surface area contributed by atoms with Crippen LogP contribution in [0.5, 0.6) is 0 Å². The molecule has 3 heteroatoms. The van der Waals surface area contributed by atoms with Crippen molar-refractivity contribution < 1.29 is 8.81 Å². The highest BCUT2D eigenvalue weighted by molar-refractivity contribution is 6.07. The van der Waals surface area contributed by atoms with Crippen molar-refractivity contribution in [3.8, 4) is 11.1 Å². The van der Waals surface area contributed by atoms with Gasteiger partial charge in [-0.2, -0.15) is 0 Å². The van der Waals surface area contributed by atoms with E-state index in [2.05, 4.69) is 144 Å². The third-order valence-electron chi connectivity index (χ3n) is 10.4. The molecule has 236 valence electrons. The lowest BCUT2D eigenvalue weighted by Gasteiger charge is -2.35. The van der Waals surface area contributed by atoms with Crippen molar-refractivity contribution in [3.63, 3.8) is 0 Å². The first kappa shape index (κ1) is 28.6. The molecular formula is C47H30FNO. The first-order chi connectivity index (χ1) is 24.7. The maximum absolute atomic E-state index is 15.4. The molecule has 0 spiro atoms. The quantitative estimate of drug-likeness (QED) is 0.186. The Hall–Kier alpha value is -6.45. The van der Waals surface area contributed by atoms with Crippen LogP contribution in [0.3, 0.4) is 0 Å². The lowest BCUT2D eigenvalue weighted by Crippen LogP contribution is -2.28. The number of para-hydroxylation sites is 2. The Labute approximate surface area is 289 Å². The molecule has 1 aromatic heterocycles. The molecule has 1 aliphatic carbocycles. The summed E-state index contributed by atoms with van der Waals surface area (Å²) >= 11 is 0. The van der Waals surface area contributed by atoms with E-state index in [1.807, 2.05) is 36.4 Å². The van der Waals surface area contributed by atoms with E-state index in [0.29, 0.717) is 5.39 Å². The highest BCUT2D eigenvalue weighted by Crippen LogP contribution is 2.59. The minimum Gasteiger partial charge on any atom is -0.456 e. The number of rotatable bonds is 5. The number of hydrogen-bond acceptors (Lipinski definition) is 2. The standard InChI is InChI=1S/C47H30FNO/c48-43-21-12-20-39-36(43)27-28-41-46(39)40-26-24-34(29-42(40)47(41,31-13-4-1-5-14-31)32-15-6-2-7-16-32)49(33-17-8-3-9-18-33)35-23-25-38-37-19-10-11-22-44(37)50-45(38)30-35/h1-30H. The number of furan rings is 1. The van der Waals surface area contributed by atoms with E-state index in [-0.39, 0.29) is 5.82 Å². The predicted octanol–water partition coefficient (Wildman–Crippen LogP) is 12.7. The van der Waals surface area contributed by atoms with E-state index in [0.717, 1.165) is 77.8 Å². The average molecular weight is 644 g/mol. The average Bonchev–Trinajstić information content (AvgIpc) is 3.70. The normalized spacial score (nSPS) is 13.1. The van der Waals surface area contributed by atoms with Gasteiger partial charge in [0.15, 0.2) is 0 Å². The van der Waals surface area contributed by atoms with Crippen LogP contribution >= 0.6 is 0 Å². The summed E-state index contributed by atoms with van der Waals surface area (Å²) in [5.41, 5.74) is 10.9. The first-order valence-electron chi connectivity index (χ1n) is 17.0. The van der Waals surface area contributed by atoms with Gasteiger partial charge < -0.3 is 9.32 Å². The number of anilines is 3. The van der Waals surface area contributed by atoms with Crippen LogP contribution in [0.1, 0.15) is 22.3 Å². The molecule has 0 saturated carbocycles. The zero-order valence-electron chi connectivity index (χ0n) is 27.1. The van der Waals surface area contributed by atoms with Crippen molar-refractivity contribution in [2.45, 2.75) is 5.41 Å². The SMILES string of the molecule is Fc1cccc2c3c(ccc12)C(c1ccccc1)(c1ccccc1)c1cc(N(c2ccccc2)c2ccc4c(c2)oc2ccccc24)ccc1-3. The second-order valence-electron chi connectivity index (χ2n) is 13.0. The van der Waals surface area contributed by atoms with Gasteiger partial charge in [-0.05, 0) is 87.3 Å². The smallest absolute Gasteiger partial charge is 0.137 e. The van der Waals surface area contributed by atoms with Crippen LogP contribution in [0.4, 0.5) is 21.5 Å². The van der Waals surface area contributed by atoms with Gasteiger partial charge in [-0.25, -0.2) is 4.39 Å². The number of hydrogen-bond donors (Lipinski definition) is 0. The molecular weight excluding hydrogens is 614 g/mol. The summed E-state index contributed by atoms with van der Waals surface area (Å²) in [6.07, 6.45) is 0. The van der Waals surface area contributed by atoms with Crippen molar-refractivity contribution in [1.82, 2.24) is 0 Å². The Kier molecular flexibility index (Phi) is 6.31. The molecule has 9 aromatic rings. The molecule has 2 nitrogen and oxygen atoms in total. The number of nitrogens with zero attached hydrogens (tertiary/aromatic N) is 1. The van der Waals surface area contributed by atoms with Crippen LogP contribution < -0.4 is 4.90 Å². The fourth-order valence-electron chi connectivity index (χ4n) is 8.31. The highest BCUT2D eigenvalue weighted by Gasteiger charge is 2.47. The van der Waals surface area contributed by atoms with Crippen molar-refractivity contribution in [1.29, 1.82) is 0 Å². The zero-order valence-corrected chi connectivity index (χ0v) is 27.1. The summed E-state index contributed by atoms with van der Waals surface area (Å²) in [6.45, 7) is 0. The molecule has 0 unspecified atom stereocenters. The van der Waals surface area contributed by atoms with Crippen molar-refractivity contribution in [2.24, 2.45) is 0 Å². The van der Waals surface area contributed by atoms with Gasteiger partial charge in [-0.3, -0.25) is 0 Å². The van der Waals surface area contributed by atoms with Gasteiger partial charge in [0.1, 0.15) is 17.0 Å². The van der Waals surface area contributed by atoms with Gasteiger partial charge in [0.25, 0.3) is 0 Å². The summed E-state index contributed by atoms with van der Waals surface area (Å²) in [6, 6.07) is 62.9. The summed E-state index contributed by atoms with van der Waals surface area (Å²) in [5.74, 6) is -0.211. The molecule has 50 heavy (non-hydrogen) atoms. The molecule has 0 radical (unpaired) electrons. The molecule has 0 N–H and O–H groups in total. The lowest BCUT2D eigenvalue weighted by atomic mass is 9.67. The summed E-state index contributed by atoms with van der Waals surface area (Å²) in [4.78, 5) is 2.30. The predicted molar refractivity (Wildman–Crippen MR) is 203 cm³/mol. The number of fused-ring (bicyclic) bond motifs is 8. The van der Waals surface area contributed by atoms with E-state index in [1.54, 1.807) is 6.07 Å². The molecule has 0 atom stereocenters. The van der Waals surface area contributed by atoms with Gasteiger partial charge in [0, 0.05) is 39.3 Å². The second-order valence-corrected chi connectivity index (χ2v) is 13.0. The van der Waals surface area contributed by atoms with Gasteiger partial charge in [-0.15, -0.1) is 0 Å². The molecule has 1 aliphatic rings. The largest absolute Gasteiger partial charge is 0.456 e. The summed E-state index contributed by atoms with van der Waals surface area (Å²) < 4.78 is 21.8. The molecule has 1 heterocycles. The van der Waals surface area contributed by atoms with E-state index >= 15 is 4.39 Å². The van der Waals surface area contributed by atoms with Gasteiger partial charge >= 0.3 is 0 Å². The van der Waals surface area contributed by atoms with Crippen molar-refractivity contribution in [3.05, 3.63) is 210 Å². The first-order valence-corrected chi connectivity index (χ1v) is 17.0. The van der Waals surface area contributed by atoms with Crippen LogP contribution in [0.25, 0.3) is 43.8 Å². The van der Waals surface area contributed by atoms with Gasteiger partial charge in [-0.1, -0.05) is 127 Å². The summed E-state index contributed by atoms with van der Waals surface area (Å²) in [7, 11) is 0. The Morgan fingerprint density at radius 3 is 1.78 bits per heavy atom. The minimum atomic E-state index is -0.644. The summed E-state index contributed by atoms with van der Waals surface area (Å²) in [5, 5.41) is 3.74. The molecule has 0 saturated heterocycles. The molecule has 0 bridgehead atoms. The Morgan fingerprint density at radius 2 is 1.02 bits per heavy atom. The van der Waals surface area contributed by atoms with Crippen LogP contribution in [-0.2, 0) is 5.41 Å². The fourth-order valence-corrected chi connectivity index (χ4v) is 8.31. The Bertz CT molecular complexity index is 2680. The van der Waals surface area contributed by atoms with Crippen LogP contribution in [-0.4, -0.2) is 0 Å². The van der Waals surface area contributed by atoms with E-state index < -0.39 is 5.41 Å². The number of benzene rings is 8. The topological polar surface area (TPSA) is 16.4 Å². The monoisotopic (exact) mass is 643 g/mol. The van der Waals surface area contributed by atoms with E-state index in [1.165, 1.54) is 0 Å². The van der Waals surface area contributed by atoms with Gasteiger partial charge in [0.05, 0.1) is 5.41 Å². The number of halogens is 1. The second kappa shape index (κ2) is 11.0. The van der Waals surface area contributed by atoms with Crippen molar-refractivity contribution >= 4 is 49.8 Å². The van der Waals surface area contributed by atoms with Crippen LogP contribution in [0.15, 0.2) is 186 Å². The Morgan fingerprint density at radius 1 is 0.420 bits per heavy atom. The van der Waals surface area contributed by atoms with Crippen molar-refractivity contribution in [2.75, 3.05) is 4.90 Å². The third-order valence-corrected chi connectivity index (χ3v) is 10.4. The maximum atomic E-state index is 15.4. The lowest BCUT2D eigenvalue weighted by molar-refractivity contribution is 0.640. The molecule has 0 fully saturated rings. The molecule has 0 amide bonds. The van der Waals surface area contributed by atoms with Gasteiger partial charge in [0.2, 0.25) is 0 Å². The minimum absolute atomic E-state index is 0.211. The third kappa shape index (κ3) is 4.07. The molecule has 8 aromatic carbocycles. The Balaban J connectivity index is 1.28. The zero-order chi connectivity index (χ0) is 33.2. The highest BCUT2D eigenvalue weighted by atomic mass is 19.1. The fraction of sp³-hybridized carbons (Fsp3) is 0.0213. The van der Waals surface area contributed by atoms with Crippen LogP contribution in [0, 0.1) is 5.82 Å². The van der Waals surface area contributed by atoms with E-state index in [9.17, 15) is 0 Å². The maximum Gasteiger partial charge on any atom is 0.137 e.